The zero-order valence-electron chi connectivity index (χ0n) is 31.5. The lowest BCUT2D eigenvalue weighted by Crippen LogP contribution is -2.48. The molecule has 5 heterocycles. The number of fused-ring (bicyclic) bond motifs is 5. The molecule has 4 aliphatic heterocycles. The number of piperidine rings is 1. The molecule has 1 amide bonds. The van der Waals surface area contributed by atoms with Crippen LogP contribution in [0, 0.1) is 43.9 Å². The van der Waals surface area contributed by atoms with Crippen molar-refractivity contribution in [3.8, 4) is 18.4 Å². The van der Waals surface area contributed by atoms with Gasteiger partial charge in [0.25, 0.3) is 0 Å². The van der Waals surface area contributed by atoms with E-state index in [1.54, 1.807) is 0 Å². The summed E-state index contributed by atoms with van der Waals surface area (Å²) in [6.45, 7) is 12.7. The molecule has 2 bridgehead atoms. The minimum Gasteiger partial charge on any atom is -0.461 e. The van der Waals surface area contributed by atoms with Crippen LogP contribution in [0.1, 0.15) is 110 Å². The fraction of sp³-hybridized carbons (Fsp3) is 0.614. The number of hydrogen-bond acceptors (Lipinski definition) is 7. The number of aryl methyl sites for hydroxylation is 2. The van der Waals surface area contributed by atoms with E-state index in [2.05, 4.69) is 60.8 Å². The van der Waals surface area contributed by atoms with Gasteiger partial charge in [-0.3, -0.25) is 4.90 Å². The molecule has 1 aromatic heterocycles. The molecule has 9 rings (SSSR count). The second-order valence-electron chi connectivity index (χ2n) is 17.3. The molecular formula is C44H55N5O3. The lowest BCUT2D eigenvalue weighted by molar-refractivity contribution is 0.0463. The molecule has 3 aromatic rings. The number of carbonyl (C=O) groups excluding carboxylic acids is 1. The molecule has 0 radical (unpaired) electrons. The molecule has 4 unspecified atom stereocenters. The second kappa shape index (κ2) is 13.5. The standard InChI is InChI=1S/C44H55N5O3/c1-5-33-10-8-11-34-20-28(2)21-36(39(33)34)38-29(3)22-37-40(30(38)4)45-42(46-41(37)48-24-31-12-13-32(23-31)25-48)52-27-44-15-9-19-49(44)35(14-16-44)26-51-43(50)47-17-6-7-18-47/h1,8,10-11,22,28,31-32,35-36H,6-7,9,12-21,23-27H2,2-4H3/t28-,31?,32?,35?,36+,44?/m1/s1. The molecule has 274 valence electrons. The minimum atomic E-state index is -0.152. The maximum atomic E-state index is 12.7. The highest BCUT2D eigenvalue weighted by atomic mass is 16.6. The van der Waals surface area contributed by atoms with Crippen LogP contribution in [-0.4, -0.2) is 83.4 Å². The average Bonchev–Trinajstić information content (AvgIpc) is 3.95. The van der Waals surface area contributed by atoms with Crippen LogP contribution in [0.3, 0.4) is 0 Å². The number of terminal acetylenes is 1. The summed E-state index contributed by atoms with van der Waals surface area (Å²) in [7, 11) is 0. The molecule has 6 aliphatic rings. The van der Waals surface area contributed by atoms with Gasteiger partial charge in [-0.05, 0) is 149 Å². The molecule has 8 heteroatoms. The highest BCUT2D eigenvalue weighted by Gasteiger charge is 2.50. The monoisotopic (exact) mass is 701 g/mol. The van der Waals surface area contributed by atoms with Gasteiger partial charge >= 0.3 is 12.1 Å². The molecule has 0 spiro atoms. The molecule has 1 saturated carbocycles. The van der Waals surface area contributed by atoms with Gasteiger partial charge in [-0.15, -0.1) is 6.42 Å². The molecule has 8 nitrogen and oxygen atoms in total. The number of amides is 1. The molecular weight excluding hydrogens is 647 g/mol. The molecule has 2 aliphatic carbocycles. The van der Waals surface area contributed by atoms with Crippen LogP contribution in [0.4, 0.5) is 10.6 Å². The first-order valence-corrected chi connectivity index (χ1v) is 20.3. The summed E-state index contributed by atoms with van der Waals surface area (Å²) in [5.41, 5.74) is 8.55. The van der Waals surface area contributed by atoms with Crippen molar-refractivity contribution >= 4 is 22.8 Å². The molecule has 5 fully saturated rings. The highest BCUT2D eigenvalue weighted by Crippen LogP contribution is 2.47. The third kappa shape index (κ3) is 5.92. The van der Waals surface area contributed by atoms with Crippen LogP contribution in [0.15, 0.2) is 24.3 Å². The summed E-state index contributed by atoms with van der Waals surface area (Å²) in [6, 6.07) is 9.60. The Bertz CT molecular complexity index is 1900. The van der Waals surface area contributed by atoms with Crippen molar-refractivity contribution in [1.29, 1.82) is 0 Å². The number of benzene rings is 2. The van der Waals surface area contributed by atoms with Crippen molar-refractivity contribution < 1.29 is 14.3 Å². The van der Waals surface area contributed by atoms with Gasteiger partial charge in [-0.2, -0.15) is 9.97 Å². The normalized spacial score (nSPS) is 29.7. The first-order valence-electron chi connectivity index (χ1n) is 20.3. The zero-order valence-corrected chi connectivity index (χ0v) is 31.5. The SMILES string of the molecule is C#Cc1cccc2c1[C@H](c1c(C)cc3c(N4CC5CCC(C5)C4)nc(OCC45CCCN4C(COC(=O)N4CCCC4)CC5)nc3c1C)C[C@H](C)C2. The maximum absolute atomic E-state index is 12.7. The van der Waals surface area contributed by atoms with E-state index in [0.717, 1.165) is 118 Å². The van der Waals surface area contributed by atoms with Gasteiger partial charge in [0, 0.05) is 49.1 Å². The largest absolute Gasteiger partial charge is 0.461 e. The first kappa shape index (κ1) is 34.0. The van der Waals surface area contributed by atoms with Crippen molar-refractivity contribution in [2.75, 3.05) is 50.8 Å². The quantitative estimate of drug-likeness (QED) is 0.233. The number of nitrogens with zero attached hydrogens (tertiary/aromatic N) is 5. The van der Waals surface area contributed by atoms with Gasteiger partial charge in [0.05, 0.1) is 11.1 Å². The average molecular weight is 702 g/mol. The summed E-state index contributed by atoms with van der Waals surface area (Å²) < 4.78 is 12.7. The third-order valence-corrected chi connectivity index (χ3v) is 13.9. The number of anilines is 1. The Morgan fingerprint density at radius 3 is 2.60 bits per heavy atom. The summed E-state index contributed by atoms with van der Waals surface area (Å²) in [6.07, 6.45) is 18.5. The Morgan fingerprint density at radius 2 is 1.81 bits per heavy atom. The Morgan fingerprint density at radius 1 is 1.00 bits per heavy atom. The molecule has 4 saturated heterocycles. The molecule has 52 heavy (non-hydrogen) atoms. The zero-order chi connectivity index (χ0) is 35.6. The number of rotatable bonds is 7. The van der Waals surface area contributed by atoms with Crippen LogP contribution >= 0.6 is 0 Å². The smallest absolute Gasteiger partial charge is 0.409 e. The van der Waals surface area contributed by atoms with Crippen LogP contribution in [0.2, 0.25) is 0 Å². The lowest BCUT2D eigenvalue weighted by atomic mass is 9.71. The Labute approximate surface area is 309 Å². The number of likely N-dealkylation sites (tertiary alicyclic amines) is 1. The van der Waals surface area contributed by atoms with E-state index >= 15 is 0 Å². The van der Waals surface area contributed by atoms with E-state index in [-0.39, 0.29) is 23.6 Å². The van der Waals surface area contributed by atoms with Gasteiger partial charge in [0.2, 0.25) is 0 Å². The highest BCUT2D eigenvalue weighted by molar-refractivity contribution is 5.94. The van der Waals surface area contributed by atoms with E-state index in [0.29, 0.717) is 25.1 Å². The molecule has 2 aromatic carbocycles. The topological polar surface area (TPSA) is 71.0 Å². The van der Waals surface area contributed by atoms with Gasteiger partial charge < -0.3 is 19.3 Å². The fourth-order valence-electron chi connectivity index (χ4n) is 11.5. The molecule has 0 N–H and O–H groups in total. The van der Waals surface area contributed by atoms with Gasteiger partial charge in [0.15, 0.2) is 0 Å². The number of carbonyl (C=O) groups is 1. The number of hydrogen-bond donors (Lipinski definition) is 0. The second-order valence-corrected chi connectivity index (χ2v) is 17.3. The van der Waals surface area contributed by atoms with E-state index in [1.165, 1.54) is 47.1 Å². The predicted molar refractivity (Wildman–Crippen MR) is 205 cm³/mol. The Kier molecular flexibility index (Phi) is 8.85. The van der Waals surface area contributed by atoms with E-state index < -0.39 is 0 Å². The van der Waals surface area contributed by atoms with E-state index in [1.807, 2.05) is 4.90 Å². The van der Waals surface area contributed by atoms with Gasteiger partial charge in [-0.1, -0.05) is 25.0 Å². The lowest BCUT2D eigenvalue weighted by Gasteiger charge is -2.36. The fourth-order valence-corrected chi connectivity index (χ4v) is 11.5. The molecule has 6 atom stereocenters. The van der Waals surface area contributed by atoms with Crippen LogP contribution in [-0.2, 0) is 11.2 Å². The summed E-state index contributed by atoms with van der Waals surface area (Å²) >= 11 is 0. The van der Waals surface area contributed by atoms with Crippen molar-refractivity contribution in [2.24, 2.45) is 17.8 Å². The van der Waals surface area contributed by atoms with Crippen molar-refractivity contribution in [3.63, 3.8) is 0 Å². The summed E-state index contributed by atoms with van der Waals surface area (Å²) in [4.78, 5) is 30.3. The van der Waals surface area contributed by atoms with Crippen molar-refractivity contribution in [1.82, 2.24) is 19.8 Å². The van der Waals surface area contributed by atoms with E-state index in [4.69, 9.17) is 25.9 Å². The Hall–Kier alpha value is -3.83. The predicted octanol–water partition coefficient (Wildman–Crippen LogP) is 7.79. The summed E-state index contributed by atoms with van der Waals surface area (Å²) in [5, 5.41) is 1.14. The van der Waals surface area contributed by atoms with Gasteiger partial charge in [0.1, 0.15) is 19.0 Å². The number of ether oxygens (including phenoxy) is 2. The maximum Gasteiger partial charge on any atom is 0.409 e. The summed E-state index contributed by atoms with van der Waals surface area (Å²) in [5.74, 6) is 6.33. The van der Waals surface area contributed by atoms with Crippen molar-refractivity contribution in [2.45, 2.75) is 109 Å². The van der Waals surface area contributed by atoms with Gasteiger partial charge in [-0.25, -0.2) is 4.79 Å². The first-order chi connectivity index (χ1) is 25.3. The minimum absolute atomic E-state index is 0.0749. The Balaban J connectivity index is 1.05. The van der Waals surface area contributed by atoms with Crippen LogP contribution in [0.5, 0.6) is 6.01 Å². The van der Waals surface area contributed by atoms with Crippen molar-refractivity contribution in [3.05, 3.63) is 57.6 Å². The van der Waals surface area contributed by atoms with Crippen LogP contribution < -0.4 is 9.64 Å². The third-order valence-electron chi connectivity index (χ3n) is 13.9. The number of aromatic nitrogens is 2. The van der Waals surface area contributed by atoms with E-state index in [9.17, 15) is 4.79 Å². The van der Waals surface area contributed by atoms with Crippen LogP contribution in [0.25, 0.3) is 10.9 Å².